The summed E-state index contributed by atoms with van der Waals surface area (Å²) in [5, 5.41) is 3.07. The molecule has 0 aliphatic carbocycles. The van der Waals surface area contributed by atoms with Crippen molar-refractivity contribution in [1.82, 2.24) is 10.2 Å². The molecule has 1 saturated heterocycles. The first kappa shape index (κ1) is 19.5. The second-order valence-electron chi connectivity index (χ2n) is 5.10. The first-order chi connectivity index (χ1) is 9.88. The lowest BCUT2D eigenvalue weighted by Crippen LogP contribution is -2.45. The molecule has 1 atom stereocenters. The highest BCUT2D eigenvalue weighted by Gasteiger charge is 2.32. The molecule has 1 aliphatic rings. The van der Waals surface area contributed by atoms with Gasteiger partial charge in [-0.2, -0.15) is 13.2 Å². The molecule has 22 heavy (non-hydrogen) atoms. The number of halogens is 6. The van der Waals surface area contributed by atoms with Crippen LogP contribution in [0, 0.1) is 5.82 Å². The Morgan fingerprint density at radius 1 is 1.23 bits per heavy atom. The van der Waals surface area contributed by atoms with Gasteiger partial charge in [0, 0.05) is 38.6 Å². The highest BCUT2D eigenvalue weighted by Crippen LogP contribution is 2.35. The normalized spacial score (nSPS) is 17.9. The predicted octanol–water partition coefficient (Wildman–Crippen LogP) is 4.19. The van der Waals surface area contributed by atoms with Crippen molar-refractivity contribution in [1.29, 1.82) is 0 Å². The highest BCUT2D eigenvalue weighted by atomic mass is 35.5. The van der Waals surface area contributed by atoms with Crippen molar-refractivity contribution in [3.63, 3.8) is 0 Å². The summed E-state index contributed by atoms with van der Waals surface area (Å²) in [5.41, 5.74) is 0.433. The Balaban J connectivity index is 0.00000242. The second-order valence-corrected chi connectivity index (χ2v) is 5.48. The number of nitrogens with one attached hydrogen (secondary N) is 1. The molecule has 0 aromatic heterocycles. The maximum Gasteiger partial charge on any atom is 0.389 e. The minimum absolute atomic E-state index is 0. The molecule has 1 fully saturated rings. The molecule has 2 rings (SSSR count). The van der Waals surface area contributed by atoms with E-state index < -0.39 is 24.5 Å². The van der Waals surface area contributed by atoms with Gasteiger partial charge in [-0.15, -0.1) is 12.4 Å². The van der Waals surface area contributed by atoms with Crippen molar-refractivity contribution < 1.29 is 17.6 Å². The van der Waals surface area contributed by atoms with Gasteiger partial charge in [-0.3, -0.25) is 4.90 Å². The molecule has 0 radical (unpaired) electrons. The van der Waals surface area contributed by atoms with E-state index in [9.17, 15) is 17.6 Å². The van der Waals surface area contributed by atoms with Crippen molar-refractivity contribution in [2.45, 2.75) is 25.1 Å². The Labute approximate surface area is 138 Å². The molecule has 1 heterocycles. The van der Waals surface area contributed by atoms with Gasteiger partial charge in [-0.05, 0) is 18.1 Å². The van der Waals surface area contributed by atoms with Crippen LogP contribution in [0.4, 0.5) is 17.6 Å². The Morgan fingerprint density at radius 2 is 1.86 bits per heavy atom. The molecule has 0 saturated carbocycles. The van der Waals surface area contributed by atoms with E-state index >= 15 is 0 Å². The van der Waals surface area contributed by atoms with Crippen LogP contribution >= 0.6 is 24.0 Å². The van der Waals surface area contributed by atoms with Crippen LogP contribution in [0.1, 0.15) is 24.4 Å². The maximum atomic E-state index is 13.6. The zero-order chi connectivity index (χ0) is 15.5. The lowest BCUT2D eigenvalue weighted by Gasteiger charge is -2.36. The first-order valence-corrected chi connectivity index (χ1v) is 7.22. The summed E-state index contributed by atoms with van der Waals surface area (Å²) in [7, 11) is 0. The van der Waals surface area contributed by atoms with Crippen molar-refractivity contribution in [2.75, 3.05) is 26.2 Å². The van der Waals surface area contributed by atoms with Crippen LogP contribution in [-0.4, -0.2) is 37.3 Å². The lowest BCUT2D eigenvalue weighted by atomic mass is 9.99. The fourth-order valence-corrected chi connectivity index (χ4v) is 2.86. The summed E-state index contributed by atoms with van der Waals surface area (Å²) in [6, 6.07) is 3.79. The average Bonchev–Trinajstić information content (AvgIpc) is 2.43. The first-order valence-electron chi connectivity index (χ1n) is 6.84. The third-order valence-corrected chi connectivity index (χ3v) is 4.03. The molecule has 0 bridgehead atoms. The molecule has 126 valence electrons. The summed E-state index contributed by atoms with van der Waals surface area (Å²) in [6.07, 6.45) is -5.26. The SMILES string of the molecule is Cl.Fc1cccc([C@H](CCC(F)(F)F)N2CCNCC2)c1Cl. The van der Waals surface area contributed by atoms with E-state index in [1.165, 1.54) is 12.1 Å². The number of nitrogens with zero attached hydrogens (tertiary/aromatic N) is 1. The van der Waals surface area contributed by atoms with Gasteiger partial charge in [-0.25, -0.2) is 4.39 Å². The highest BCUT2D eigenvalue weighted by molar-refractivity contribution is 6.31. The van der Waals surface area contributed by atoms with E-state index in [4.69, 9.17) is 11.6 Å². The number of hydrogen-bond acceptors (Lipinski definition) is 2. The van der Waals surface area contributed by atoms with E-state index in [1.807, 2.05) is 4.90 Å². The van der Waals surface area contributed by atoms with Gasteiger partial charge in [0.25, 0.3) is 0 Å². The van der Waals surface area contributed by atoms with Crippen molar-refractivity contribution in [3.05, 3.63) is 34.6 Å². The molecule has 1 aromatic rings. The minimum atomic E-state index is -4.23. The fraction of sp³-hybridized carbons (Fsp3) is 0.571. The van der Waals surface area contributed by atoms with E-state index in [0.29, 0.717) is 31.7 Å². The molecular weight excluding hydrogens is 343 g/mol. The second kappa shape index (κ2) is 8.34. The molecule has 1 N–H and O–H groups in total. The van der Waals surface area contributed by atoms with Crippen LogP contribution in [0.25, 0.3) is 0 Å². The van der Waals surface area contributed by atoms with Gasteiger partial charge in [-0.1, -0.05) is 23.7 Å². The zero-order valence-electron chi connectivity index (χ0n) is 11.8. The Kier molecular flexibility index (Phi) is 7.38. The maximum absolute atomic E-state index is 13.6. The van der Waals surface area contributed by atoms with Crippen LogP contribution in [0.2, 0.25) is 5.02 Å². The molecular formula is C14H18Cl2F4N2. The summed E-state index contributed by atoms with van der Waals surface area (Å²) in [6.45, 7) is 2.65. The van der Waals surface area contributed by atoms with E-state index in [1.54, 1.807) is 6.07 Å². The standard InChI is InChI=1S/C14H17ClF4N2.ClH/c15-13-10(2-1-3-11(13)16)12(4-5-14(17,18)19)21-8-6-20-7-9-21;/h1-3,12,20H,4-9H2;1H/t12-;/m0./s1. The van der Waals surface area contributed by atoms with Crippen molar-refractivity contribution in [3.8, 4) is 0 Å². The Morgan fingerprint density at radius 3 is 2.45 bits per heavy atom. The largest absolute Gasteiger partial charge is 0.389 e. The van der Waals surface area contributed by atoms with Gasteiger partial charge >= 0.3 is 6.18 Å². The summed E-state index contributed by atoms with van der Waals surface area (Å²) in [5.74, 6) is -0.596. The number of alkyl halides is 3. The van der Waals surface area contributed by atoms with Gasteiger partial charge in [0.2, 0.25) is 0 Å². The smallest absolute Gasteiger partial charge is 0.314 e. The van der Waals surface area contributed by atoms with Crippen LogP contribution in [-0.2, 0) is 0 Å². The van der Waals surface area contributed by atoms with Crippen LogP contribution < -0.4 is 5.32 Å². The van der Waals surface area contributed by atoms with Gasteiger partial charge in [0.1, 0.15) is 5.82 Å². The van der Waals surface area contributed by atoms with Crippen molar-refractivity contribution >= 4 is 24.0 Å². The molecule has 1 aromatic carbocycles. The Bertz CT molecular complexity index is 476. The minimum Gasteiger partial charge on any atom is -0.314 e. The average molecular weight is 361 g/mol. The monoisotopic (exact) mass is 360 g/mol. The van der Waals surface area contributed by atoms with Crippen molar-refractivity contribution in [2.24, 2.45) is 0 Å². The van der Waals surface area contributed by atoms with Gasteiger partial charge in [0.05, 0.1) is 5.02 Å². The third kappa shape index (κ3) is 5.26. The van der Waals surface area contributed by atoms with Crippen LogP contribution in [0.3, 0.4) is 0 Å². The lowest BCUT2D eigenvalue weighted by molar-refractivity contribution is -0.138. The molecule has 0 spiro atoms. The number of rotatable bonds is 4. The predicted molar refractivity (Wildman–Crippen MR) is 81.1 cm³/mol. The van der Waals surface area contributed by atoms with Crippen LogP contribution in [0.5, 0.6) is 0 Å². The molecule has 8 heteroatoms. The quantitative estimate of drug-likeness (QED) is 0.809. The topological polar surface area (TPSA) is 15.3 Å². The summed E-state index contributed by atoms with van der Waals surface area (Å²) >= 11 is 5.96. The van der Waals surface area contributed by atoms with Crippen LogP contribution in [0.15, 0.2) is 18.2 Å². The molecule has 0 unspecified atom stereocenters. The van der Waals surface area contributed by atoms with E-state index in [2.05, 4.69) is 5.32 Å². The summed E-state index contributed by atoms with van der Waals surface area (Å²) in [4.78, 5) is 1.93. The molecule has 2 nitrogen and oxygen atoms in total. The number of hydrogen-bond donors (Lipinski definition) is 1. The Hall–Kier alpha value is -0.560. The van der Waals surface area contributed by atoms with E-state index in [0.717, 1.165) is 0 Å². The van der Waals surface area contributed by atoms with Gasteiger partial charge in [0.15, 0.2) is 0 Å². The third-order valence-electron chi connectivity index (χ3n) is 3.63. The summed E-state index contributed by atoms with van der Waals surface area (Å²) < 4.78 is 51.2. The number of benzene rings is 1. The molecule has 1 aliphatic heterocycles. The zero-order valence-corrected chi connectivity index (χ0v) is 13.4. The van der Waals surface area contributed by atoms with E-state index in [-0.39, 0.29) is 23.9 Å². The van der Waals surface area contributed by atoms with Gasteiger partial charge < -0.3 is 5.32 Å². The fourth-order valence-electron chi connectivity index (χ4n) is 2.61. The number of piperazine rings is 1. The molecule has 0 amide bonds.